The summed E-state index contributed by atoms with van der Waals surface area (Å²) < 4.78 is 21.0. The second-order valence-corrected chi connectivity index (χ2v) is 7.66. The van der Waals surface area contributed by atoms with Gasteiger partial charge in [-0.25, -0.2) is 9.07 Å². The molecule has 1 N–H and O–H groups in total. The molecule has 0 radical (unpaired) electrons. The van der Waals surface area contributed by atoms with Gasteiger partial charge in [0, 0.05) is 17.6 Å². The molecule has 6 nitrogen and oxygen atoms in total. The van der Waals surface area contributed by atoms with Crippen molar-refractivity contribution in [2.24, 2.45) is 0 Å². The van der Waals surface area contributed by atoms with Gasteiger partial charge in [0.25, 0.3) is 0 Å². The second-order valence-electron chi connectivity index (χ2n) is 7.66. The van der Waals surface area contributed by atoms with Gasteiger partial charge >= 0.3 is 6.01 Å². The number of ether oxygens (including phenoxy) is 1. The molecule has 0 aliphatic carbocycles. The molecule has 0 spiro atoms. The van der Waals surface area contributed by atoms with Crippen molar-refractivity contribution < 1.29 is 9.13 Å². The third kappa shape index (κ3) is 4.71. The van der Waals surface area contributed by atoms with Crippen LogP contribution in [-0.2, 0) is 0 Å². The van der Waals surface area contributed by atoms with E-state index in [1.54, 1.807) is 17.7 Å². The van der Waals surface area contributed by atoms with E-state index in [1.165, 1.54) is 12.1 Å². The molecule has 0 fully saturated rings. The zero-order chi connectivity index (χ0) is 22.0. The van der Waals surface area contributed by atoms with Crippen molar-refractivity contribution in [2.75, 3.05) is 5.32 Å². The highest BCUT2D eigenvalue weighted by Gasteiger charge is 2.16. The molecule has 0 aliphatic heterocycles. The number of aryl methyl sites for hydroxylation is 2. The Labute approximate surface area is 180 Å². The van der Waals surface area contributed by atoms with Gasteiger partial charge in [0.05, 0.1) is 6.04 Å². The van der Waals surface area contributed by atoms with Crippen LogP contribution in [0.5, 0.6) is 11.8 Å². The molecule has 2 aromatic heterocycles. The number of nitrogens with zero attached hydrogens (tertiary/aromatic N) is 4. The Morgan fingerprint density at radius 3 is 2.42 bits per heavy atom. The number of pyridine rings is 1. The van der Waals surface area contributed by atoms with Crippen LogP contribution in [0.15, 0.2) is 60.8 Å². The first kappa shape index (κ1) is 20.5. The van der Waals surface area contributed by atoms with Gasteiger partial charge in [0.2, 0.25) is 5.95 Å². The smallest absolute Gasteiger partial charge is 0.322 e. The van der Waals surface area contributed by atoms with Crippen molar-refractivity contribution in [1.29, 1.82) is 0 Å². The van der Waals surface area contributed by atoms with E-state index in [1.807, 2.05) is 57.3 Å². The second kappa shape index (κ2) is 8.55. The molecule has 158 valence electrons. The molecule has 2 aromatic carbocycles. The normalized spacial score (nSPS) is 11.0. The number of halogens is 1. The fraction of sp³-hybridized carbons (Fsp3) is 0.208. The van der Waals surface area contributed by atoms with E-state index in [9.17, 15) is 4.39 Å². The van der Waals surface area contributed by atoms with Crippen LogP contribution in [0.1, 0.15) is 31.1 Å². The summed E-state index contributed by atoms with van der Waals surface area (Å²) in [5, 5.41) is 7.75. The minimum absolute atomic E-state index is 0.0381. The zero-order valence-electron chi connectivity index (χ0n) is 17.9. The quantitative estimate of drug-likeness (QED) is 0.404. The van der Waals surface area contributed by atoms with Crippen LogP contribution >= 0.6 is 0 Å². The van der Waals surface area contributed by atoms with Crippen molar-refractivity contribution in [1.82, 2.24) is 19.7 Å². The average Bonchev–Trinajstić information content (AvgIpc) is 3.13. The van der Waals surface area contributed by atoms with Crippen molar-refractivity contribution in [3.8, 4) is 22.9 Å². The summed E-state index contributed by atoms with van der Waals surface area (Å²) in [5.41, 5.74) is 4.75. The van der Waals surface area contributed by atoms with E-state index in [4.69, 9.17) is 4.74 Å². The number of aromatic nitrogens is 4. The Bertz CT molecular complexity index is 1200. The van der Waals surface area contributed by atoms with Crippen LogP contribution in [0.4, 0.5) is 16.0 Å². The highest BCUT2D eigenvalue weighted by Crippen LogP contribution is 2.28. The van der Waals surface area contributed by atoms with Gasteiger partial charge in [-0.3, -0.25) is 4.98 Å². The summed E-state index contributed by atoms with van der Waals surface area (Å²) >= 11 is 0. The van der Waals surface area contributed by atoms with Crippen LogP contribution in [0, 0.1) is 19.7 Å². The van der Waals surface area contributed by atoms with Crippen LogP contribution in [0.3, 0.4) is 0 Å². The molecule has 0 aliphatic rings. The largest absolute Gasteiger partial charge is 0.424 e. The molecule has 4 rings (SSSR count). The molecule has 7 heteroatoms. The van der Waals surface area contributed by atoms with Crippen LogP contribution in [-0.4, -0.2) is 19.7 Å². The lowest BCUT2D eigenvalue weighted by atomic mass is 10.1. The lowest BCUT2D eigenvalue weighted by molar-refractivity contribution is 0.374. The lowest BCUT2D eigenvalue weighted by Crippen LogP contribution is -2.06. The van der Waals surface area contributed by atoms with Gasteiger partial charge in [0.1, 0.15) is 11.6 Å². The first-order valence-electron chi connectivity index (χ1n) is 10.1. The van der Waals surface area contributed by atoms with Gasteiger partial charge in [-0.1, -0.05) is 12.1 Å². The number of hydrogen-bond acceptors (Lipinski definition) is 5. The zero-order valence-corrected chi connectivity index (χ0v) is 17.9. The van der Waals surface area contributed by atoms with Crippen molar-refractivity contribution in [2.45, 2.75) is 33.7 Å². The van der Waals surface area contributed by atoms with Crippen LogP contribution < -0.4 is 10.1 Å². The van der Waals surface area contributed by atoms with Gasteiger partial charge in [-0.2, -0.15) is 4.98 Å². The molecular weight excluding hydrogens is 393 g/mol. The Kier molecular flexibility index (Phi) is 5.66. The molecule has 0 atom stereocenters. The Balaban J connectivity index is 1.55. The van der Waals surface area contributed by atoms with Crippen molar-refractivity contribution in [3.63, 3.8) is 0 Å². The van der Waals surface area contributed by atoms with Gasteiger partial charge in [-0.05, 0) is 86.8 Å². The maximum absolute atomic E-state index is 13.4. The molecular formula is C24H24FN5O. The van der Waals surface area contributed by atoms with Crippen molar-refractivity contribution in [3.05, 3.63) is 77.9 Å². The highest BCUT2D eigenvalue weighted by molar-refractivity contribution is 5.67. The summed E-state index contributed by atoms with van der Waals surface area (Å²) in [7, 11) is 0. The van der Waals surface area contributed by atoms with E-state index in [2.05, 4.69) is 26.4 Å². The van der Waals surface area contributed by atoms with E-state index < -0.39 is 0 Å². The fourth-order valence-corrected chi connectivity index (χ4v) is 3.19. The first-order chi connectivity index (χ1) is 14.9. The molecule has 4 aromatic rings. The third-order valence-electron chi connectivity index (χ3n) is 4.80. The van der Waals surface area contributed by atoms with Gasteiger partial charge < -0.3 is 10.1 Å². The summed E-state index contributed by atoms with van der Waals surface area (Å²) in [6, 6.07) is 16.8. The van der Waals surface area contributed by atoms with Gasteiger partial charge in [-0.15, -0.1) is 5.10 Å². The third-order valence-corrected chi connectivity index (χ3v) is 4.80. The van der Waals surface area contributed by atoms with E-state index >= 15 is 0 Å². The maximum atomic E-state index is 13.4. The Morgan fingerprint density at radius 2 is 1.74 bits per heavy atom. The van der Waals surface area contributed by atoms with E-state index in [-0.39, 0.29) is 11.9 Å². The molecule has 0 unspecified atom stereocenters. The number of benzene rings is 2. The number of hydrogen-bond donors (Lipinski definition) is 1. The lowest BCUT2D eigenvalue weighted by Gasteiger charge is -2.11. The summed E-state index contributed by atoms with van der Waals surface area (Å²) in [4.78, 5) is 8.74. The topological polar surface area (TPSA) is 64.9 Å². The summed E-state index contributed by atoms with van der Waals surface area (Å²) in [6.07, 6.45) is 1.81. The summed E-state index contributed by atoms with van der Waals surface area (Å²) in [5.74, 6) is 0.665. The molecule has 0 saturated heterocycles. The molecule has 31 heavy (non-hydrogen) atoms. The van der Waals surface area contributed by atoms with Crippen LogP contribution in [0.2, 0.25) is 0 Å². The summed E-state index contributed by atoms with van der Waals surface area (Å²) in [6.45, 7) is 7.76. The molecule has 0 bridgehead atoms. The van der Waals surface area contributed by atoms with Crippen LogP contribution in [0.25, 0.3) is 11.1 Å². The van der Waals surface area contributed by atoms with Crippen molar-refractivity contribution >= 4 is 11.6 Å². The Hall–Kier alpha value is -3.74. The fourth-order valence-electron chi connectivity index (χ4n) is 3.19. The predicted molar refractivity (Wildman–Crippen MR) is 119 cm³/mol. The maximum Gasteiger partial charge on any atom is 0.322 e. The molecule has 2 heterocycles. The first-order valence-corrected chi connectivity index (χ1v) is 10.1. The predicted octanol–water partition coefficient (Wildman–Crippen LogP) is 6.21. The standard InChI is InChI=1S/C24H24FN5O/c1-15(2)30-24(31-22-10-7-20(25)13-16(22)3)28-23(29-30)27-21-8-5-18(6-9-21)19-11-12-26-17(4)14-19/h5-15H,1-4H3,(H,27,29). The van der Waals surface area contributed by atoms with Gasteiger partial charge in [0.15, 0.2) is 0 Å². The Morgan fingerprint density at radius 1 is 0.968 bits per heavy atom. The SMILES string of the molecule is Cc1cc(-c2ccc(Nc3nc(Oc4ccc(F)cc4C)n(C(C)C)n3)cc2)ccn1. The monoisotopic (exact) mass is 417 g/mol. The molecule has 0 amide bonds. The number of rotatable bonds is 6. The number of nitrogens with one attached hydrogen (secondary N) is 1. The number of anilines is 2. The van der Waals surface area contributed by atoms with E-state index in [0.717, 1.165) is 22.5 Å². The minimum Gasteiger partial charge on any atom is -0.424 e. The van der Waals surface area contributed by atoms with E-state index in [0.29, 0.717) is 23.3 Å². The highest BCUT2D eigenvalue weighted by atomic mass is 19.1. The minimum atomic E-state index is -0.303. The average molecular weight is 417 g/mol. The molecule has 0 saturated carbocycles.